The topological polar surface area (TPSA) is 58.6 Å². The molecule has 0 aliphatic rings. The lowest BCUT2D eigenvalue weighted by atomic mass is 10.2. The molecule has 0 aliphatic carbocycles. The third-order valence-electron chi connectivity index (χ3n) is 1.70. The van der Waals surface area contributed by atoms with Crippen LogP contribution in [0.2, 0.25) is 0 Å². The van der Waals surface area contributed by atoms with Crippen molar-refractivity contribution < 1.29 is 4.79 Å². The van der Waals surface area contributed by atoms with Crippen LogP contribution in [0.1, 0.15) is 17.4 Å². The van der Waals surface area contributed by atoms with Crippen LogP contribution in [0.5, 0.6) is 0 Å². The first kappa shape index (κ1) is 6.97. The van der Waals surface area contributed by atoms with Gasteiger partial charge in [0.25, 0.3) is 0 Å². The minimum absolute atomic E-state index is 0.0398. The van der Waals surface area contributed by atoms with E-state index >= 15 is 0 Å². The van der Waals surface area contributed by atoms with Gasteiger partial charge in [-0.25, -0.2) is 0 Å². The van der Waals surface area contributed by atoms with Crippen molar-refractivity contribution in [3.8, 4) is 0 Å². The SMILES string of the molecule is CC(=O)c1nccc2[nH]ncc12. The highest BCUT2D eigenvalue weighted by molar-refractivity contribution is 6.03. The largest absolute Gasteiger partial charge is 0.293 e. The fourth-order valence-electron chi connectivity index (χ4n) is 1.15. The maximum Gasteiger partial charge on any atom is 0.178 e. The average molecular weight is 161 g/mol. The fraction of sp³-hybridized carbons (Fsp3) is 0.125. The van der Waals surface area contributed by atoms with Crippen molar-refractivity contribution in [1.29, 1.82) is 0 Å². The van der Waals surface area contributed by atoms with Crippen LogP contribution in [-0.4, -0.2) is 21.0 Å². The van der Waals surface area contributed by atoms with Gasteiger partial charge in [-0.2, -0.15) is 5.10 Å². The Bertz CT molecular complexity index is 433. The first-order valence-electron chi connectivity index (χ1n) is 3.58. The number of carbonyl (C=O) groups is 1. The van der Waals surface area contributed by atoms with Gasteiger partial charge in [0.05, 0.1) is 11.7 Å². The monoisotopic (exact) mass is 161 g/mol. The summed E-state index contributed by atoms with van der Waals surface area (Å²) in [4.78, 5) is 15.0. The molecule has 0 amide bonds. The van der Waals surface area contributed by atoms with Gasteiger partial charge in [0.2, 0.25) is 0 Å². The molecule has 4 heteroatoms. The van der Waals surface area contributed by atoms with E-state index in [9.17, 15) is 4.79 Å². The molecule has 0 bridgehead atoms. The van der Waals surface area contributed by atoms with Gasteiger partial charge in [0.15, 0.2) is 5.78 Å². The van der Waals surface area contributed by atoms with Gasteiger partial charge in [-0.1, -0.05) is 0 Å². The second kappa shape index (κ2) is 2.41. The lowest BCUT2D eigenvalue weighted by Gasteiger charge is -1.94. The number of fused-ring (bicyclic) bond motifs is 1. The van der Waals surface area contributed by atoms with E-state index in [4.69, 9.17) is 0 Å². The number of H-pyrrole nitrogens is 1. The van der Waals surface area contributed by atoms with Crippen LogP contribution in [0.15, 0.2) is 18.5 Å². The normalized spacial score (nSPS) is 10.4. The lowest BCUT2D eigenvalue weighted by Crippen LogP contribution is -1.95. The Morgan fingerprint density at radius 2 is 2.42 bits per heavy atom. The Labute approximate surface area is 68.6 Å². The highest BCUT2D eigenvalue weighted by Gasteiger charge is 2.06. The third kappa shape index (κ3) is 0.887. The van der Waals surface area contributed by atoms with Crippen molar-refractivity contribution in [3.63, 3.8) is 0 Å². The second-order valence-corrected chi connectivity index (χ2v) is 2.55. The molecule has 1 N–H and O–H groups in total. The highest BCUT2D eigenvalue weighted by atomic mass is 16.1. The molecule has 2 aromatic rings. The minimum Gasteiger partial charge on any atom is -0.293 e. The molecule has 12 heavy (non-hydrogen) atoms. The molecule has 0 radical (unpaired) electrons. The summed E-state index contributed by atoms with van der Waals surface area (Å²) in [5.74, 6) is -0.0398. The Balaban J connectivity index is 2.82. The zero-order chi connectivity index (χ0) is 8.55. The molecule has 0 spiro atoms. The molecule has 0 aliphatic heterocycles. The van der Waals surface area contributed by atoms with Crippen LogP contribution in [-0.2, 0) is 0 Å². The van der Waals surface area contributed by atoms with Gasteiger partial charge >= 0.3 is 0 Å². The molecule has 0 saturated heterocycles. The Morgan fingerprint density at radius 3 is 3.17 bits per heavy atom. The van der Waals surface area contributed by atoms with Gasteiger partial charge in [-0.15, -0.1) is 0 Å². The zero-order valence-corrected chi connectivity index (χ0v) is 6.53. The number of hydrogen-bond donors (Lipinski definition) is 1. The number of Topliss-reactive ketones (excluding diaryl/α,β-unsaturated/α-hetero) is 1. The van der Waals surface area contributed by atoms with E-state index in [1.165, 1.54) is 6.92 Å². The summed E-state index contributed by atoms with van der Waals surface area (Å²) in [5, 5.41) is 7.38. The predicted octanol–water partition coefficient (Wildman–Crippen LogP) is 1.16. The molecule has 0 fully saturated rings. The van der Waals surface area contributed by atoms with E-state index in [2.05, 4.69) is 15.2 Å². The lowest BCUT2D eigenvalue weighted by molar-refractivity contribution is 0.101. The number of aromatic amines is 1. The average Bonchev–Trinajstić information content (AvgIpc) is 2.49. The van der Waals surface area contributed by atoms with Gasteiger partial charge < -0.3 is 0 Å². The number of aromatic nitrogens is 3. The number of nitrogens with zero attached hydrogens (tertiary/aromatic N) is 2. The summed E-state index contributed by atoms with van der Waals surface area (Å²) in [6, 6.07) is 1.79. The predicted molar refractivity (Wildman–Crippen MR) is 43.9 cm³/mol. The van der Waals surface area contributed by atoms with Crippen molar-refractivity contribution in [2.75, 3.05) is 0 Å². The van der Waals surface area contributed by atoms with Gasteiger partial charge in [-0.05, 0) is 6.07 Å². The van der Waals surface area contributed by atoms with Gasteiger partial charge in [-0.3, -0.25) is 14.9 Å². The highest BCUT2D eigenvalue weighted by Crippen LogP contribution is 2.13. The summed E-state index contributed by atoms with van der Waals surface area (Å²) in [5.41, 5.74) is 1.32. The second-order valence-electron chi connectivity index (χ2n) is 2.55. The fourth-order valence-corrected chi connectivity index (χ4v) is 1.15. The molecular formula is C8H7N3O. The molecule has 2 heterocycles. The van der Waals surface area contributed by atoms with E-state index < -0.39 is 0 Å². The number of ketones is 1. The molecule has 2 rings (SSSR count). The van der Waals surface area contributed by atoms with E-state index in [0.717, 1.165) is 10.9 Å². The maximum atomic E-state index is 11.1. The van der Waals surface area contributed by atoms with Crippen molar-refractivity contribution in [2.45, 2.75) is 6.92 Å². The van der Waals surface area contributed by atoms with Crippen LogP contribution in [0.3, 0.4) is 0 Å². The summed E-state index contributed by atoms with van der Waals surface area (Å²) < 4.78 is 0. The molecule has 2 aromatic heterocycles. The smallest absolute Gasteiger partial charge is 0.178 e. The van der Waals surface area contributed by atoms with Gasteiger partial charge in [0.1, 0.15) is 5.69 Å². The van der Waals surface area contributed by atoms with Crippen molar-refractivity contribution in [3.05, 3.63) is 24.2 Å². The number of pyridine rings is 1. The van der Waals surface area contributed by atoms with Crippen LogP contribution in [0, 0.1) is 0 Å². The first-order chi connectivity index (χ1) is 5.79. The van der Waals surface area contributed by atoms with Crippen molar-refractivity contribution in [2.24, 2.45) is 0 Å². The Hall–Kier alpha value is -1.71. The van der Waals surface area contributed by atoms with Crippen LogP contribution in [0.4, 0.5) is 0 Å². The standard InChI is InChI=1S/C8H7N3O/c1-5(12)8-6-4-10-11-7(6)2-3-9-8/h2-4H,1H3,(H,10,11). The van der Waals surface area contributed by atoms with E-state index in [-0.39, 0.29) is 5.78 Å². The third-order valence-corrected chi connectivity index (χ3v) is 1.70. The Kier molecular flexibility index (Phi) is 1.40. The molecule has 4 nitrogen and oxygen atoms in total. The molecule has 0 unspecified atom stereocenters. The molecule has 0 aromatic carbocycles. The van der Waals surface area contributed by atoms with Crippen LogP contribution in [0.25, 0.3) is 10.9 Å². The van der Waals surface area contributed by atoms with E-state index in [0.29, 0.717) is 5.69 Å². The van der Waals surface area contributed by atoms with Crippen molar-refractivity contribution >= 4 is 16.7 Å². The Morgan fingerprint density at radius 1 is 1.58 bits per heavy atom. The molecule has 60 valence electrons. The number of hydrogen-bond acceptors (Lipinski definition) is 3. The molecule has 0 saturated carbocycles. The molecule has 0 atom stereocenters. The first-order valence-corrected chi connectivity index (χ1v) is 3.58. The number of nitrogens with one attached hydrogen (secondary N) is 1. The summed E-state index contributed by atoms with van der Waals surface area (Å²) in [7, 11) is 0. The van der Waals surface area contributed by atoms with Gasteiger partial charge in [0, 0.05) is 18.5 Å². The maximum absolute atomic E-state index is 11.1. The minimum atomic E-state index is -0.0398. The van der Waals surface area contributed by atoms with E-state index in [1.807, 2.05) is 0 Å². The summed E-state index contributed by atoms with van der Waals surface area (Å²) in [6.45, 7) is 1.49. The number of rotatable bonds is 1. The van der Waals surface area contributed by atoms with E-state index in [1.54, 1.807) is 18.5 Å². The van der Waals surface area contributed by atoms with Crippen molar-refractivity contribution in [1.82, 2.24) is 15.2 Å². The quantitative estimate of drug-likeness (QED) is 0.638. The summed E-state index contributed by atoms with van der Waals surface area (Å²) >= 11 is 0. The number of carbonyl (C=O) groups excluding carboxylic acids is 1. The van der Waals surface area contributed by atoms with Crippen LogP contribution < -0.4 is 0 Å². The summed E-state index contributed by atoms with van der Waals surface area (Å²) in [6.07, 6.45) is 3.20. The molecular weight excluding hydrogens is 154 g/mol. The van der Waals surface area contributed by atoms with Crippen LogP contribution >= 0.6 is 0 Å². The zero-order valence-electron chi connectivity index (χ0n) is 6.53.